The Hall–Kier alpha value is -4.71. The number of hydrogen-bond donors (Lipinski definition) is 3. The first-order chi connectivity index (χ1) is 16.2. The third-order valence-electron chi connectivity index (χ3n) is 5.68. The van der Waals surface area contributed by atoms with E-state index in [0.29, 0.717) is 0 Å². The van der Waals surface area contributed by atoms with Crippen LogP contribution < -0.4 is 5.32 Å². The van der Waals surface area contributed by atoms with Crippen molar-refractivity contribution < 1.29 is 0 Å². The van der Waals surface area contributed by atoms with Gasteiger partial charge in [-0.15, -0.1) is 0 Å². The zero-order valence-corrected chi connectivity index (χ0v) is 17.7. The standard InChI is InChI=1S/C27H20N6/c1-17(18-7-3-2-4-8-18)30-21-11-20(14-28-15-21)24-13-22-26(16-29-24)32-33-27(22)25-12-19-9-5-6-10-23(19)31-25/h2-16,30-31H,1H2,(H,32,33). The molecule has 33 heavy (non-hydrogen) atoms. The van der Waals surface area contributed by atoms with Crippen molar-refractivity contribution in [3.63, 3.8) is 0 Å². The number of nitrogens with zero attached hydrogens (tertiary/aromatic N) is 3. The van der Waals surface area contributed by atoms with Gasteiger partial charge in [-0.05, 0) is 29.8 Å². The molecule has 0 saturated heterocycles. The summed E-state index contributed by atoms with van der Waals surface area (Å²) in [5.74, 6) is 0. The van der Waals surface area contributed by atoms with Crippen molar-refractivity contribution in [3.8, 4) is 22.6 Å². The van der Waals surface area contributed by atoms with Crippen LogP contribution in [0.25, 0.3) is 50.1 Å². The lowest BCUT2D eigenvalue weighted by atomic mass is 10.1. The van der Waals surface area contributed by atoms with E-state index in [4.69, 9.17) is 0 Å². The molecule has 0 aliphatic rings. The second-order valence-electron chi connectivity index (χ2n) is 7.89. The number of aromatic nitrogens is 5. The van der Waals surface area contributed by atoms with Gasteiger partial charge in [-0.3, -0.25) is 15.1 Å². The predicted molar refractivity (Wildman–Crippen MR) is 134 cm³/mol. The van der Waals surface area contributed by atoms with Crippen molar-refractivity contribution in [2.24, 2.45) is 0 Å². The molecule has 2 aromatic carbocycles. The van der Waals surface area contributed by atoms with E-state index in [-0.39, 0.29) is 0 Å². The summed E-state index contributed by atoms with van der Waals surface area (Å²) < 4.78 is 0. The first-order valence-corrected chi connectivity index (χ1v) is 10.6. The molecule has 6 rings (SSSR count). The Labute approximate surface area is 190 Å². The van der Waals surface area contributed by atoms with Crippen LogP contribution in [0.5, 0.6) is 0 Å². The summed E-state index contributed by atoms with van der Waals surface area (Å²) in [6.07, 6.45) is 5.41. The SMILES string of the molecule is C=C(Nc1cncc(-c2cc3c(-c4cc5ccccc5[nH]4)n[nH]c3cn2)c1)c1ccccc1. The number of H-pyrrole nitrogens is 2. The Bertz CT molecular complexity index is 1580. The zero-order chi connectivity index (χ0) is 22.2. The van der Waals surface area contributed by atoms with Gasteiger partial charge in [0.25, 0.3) is 0 Å². The third kappa shape index (κ3) is 3.53. The summed E-state index contributed by atoms with van der Waals surface area (Å²) in [4.78, 5) is 12.5. The summed E-state index contributed by atoms with van der Waals surface area (Å²) in [6, 6.07) is 24.4. The second-order valence-corrected chi connectivity index (χ2v) is 7.89. The van der Waals surface area contributed by atoms with Crippen LogP contribution in [0.2, 0.25) is 0 Å². The summed E-state index contributed by atoms with van der Waals surface area (Å²) in [5, 5.41) is 13.1. The number of aromatic amines is 2. The minimum absolute atomic E-state index is 0.814. The van der Waals surface area contributed by atoms with Crippen LogP contribution in [0.3, 0.4) is 0 Å². The quantitative estimate of drug-likeness (QED) is 0.303. The van der Waals surface area contributed by atoms with Gasteiger partial charge in [0.15, 0.2) is 0 Å². The normalized spacial score (nSPS) is 11.2. The highest BCUT2D eigenvalue weighted by Crippen LogP contribution is 2.31. The van der Waals surface area contributed by atoms with Crippen LogP contribution >= 0.6 is 0 Å². The highest BCUT2D eigenvalue weighted by atomic mass is 15.1. The number of nitrogens with one attached hydrogen (secondary N) is 3. The lowest BCUT2D eigenvalue weighted by molar-refractivity contribution is 1.11. The zero-order valence-electron chi connectivity index (χ0n) is 17.7. The van der Waals surface area contributed by atoms with E-state index in [9.17, 15) is 0 Å². The fourth-order valence-corrected chi connectivity index (χ4v) is 4.01. The number of pyridine rings is 2. The van der Waals surface area contributed by atoms with Gasteiger partial charge in [-0.2, -0.15) is 5.10 Å². The maximum atomic E-state index is 4.63. The molecule has 0 amide bonds. The van der Waals surface area contributed by atoms with Crippen molar-refractivity contribution >= 4 is 33.2 Å². The molecule has 0 atom stereocenters. The number of rotatable bonds is 5. The first-order valence-electron chi connectivity index (χ1n) is 10.6. The topological polar surface area (TPSA) is 82.3 Å². The maximum absolute atomic E-state index is 4.63. The fraction of sp³-hybridized carbons (Fsp3) is 0. The Morgan fingerprint density at radius 2 is 1.70 bits per heavy atom. The lowest BCUT2D eigenvalue weighted by Crippen LogP contribution is -1.98. The summed E-state index contributed by atoms with van der Waals surface area (Å²) >= 11 is 0. The minimum Gasteiger partial charge on any atom is -0.354 e. The highest BCUT2D eigenvalue weighted by Gasteiger charge is 2.13. The van der Waals surface area contributed by atoms with Gasteiger partial charge < -0.3 is 10.3 Å². The van der Waals surface area contributed by atoms with Gasteiger partial charge in [0.1, 0.15) is 5.69 Å². The number of fused-ring (bicyclic) bond motifs is 2. The summed E-state index contributed by atoms with van der Waals surface area (Å²) in [5.41, 5.74) is 8.22. The molecule has 0 aliphatic carbocycles. The van der Waals surface area contributed by atoms with E-state index < -0.39 is 0 Å². The van der Waals surface area contributed by atoms with Crippen molar-refractivity contribution in [1.29, 1.82) is 0 Å². The molecule has 0 spiro atoms. The molecule has 4 heterocycles. The largest absolute Gasteiger partial charge is 0.354 e. The molecular weight excluding hydrogens is 408 g/mol. The monoisotopic (exact) mass is 428 g/mol. The van der Waals surface area contributed by atoms with E-state index in [1.165, 1.54) is 0 Å². The number of anilines is 1. The molecule has 6 aromatic rings. The third-order valence-corrected chi connectivity index (χ3v) is 5.68. The van der Waals surface area contributed by atoms with Gasteiger partial charge >= 0.3 is 0 Å². The average molecular weight is 428 g/mol. The van der Waals surface area contributed by atoms with E-state index in [1.54, 1.807) is 6.20 Å². The predicted octanol–water partition coefficient (Wildman–Crippen LogP) is 6.25. The van der Waals surface area contributed by atoms with Gasteiger partial charge in [0, 0.05) is 33.7 Å². The van der Waals surface area contributed by atoms with Crippen molar-refractivity contribution in [1.82, 2.24) is 25.1 Å². The van der Waals surface area contributed by atoms with Crippen LogP contribution in [0.1, 0.15) is 5.56 Å². The molecule has 0 bridgehead atoms. The van der Waals surface area contributed by atoms with Gasteiger partial charge in [-0.1, -0.05) is 55.1 Å². The Morgan fingerprint density at radius 3 is 2.58 bits per heavy atom. The molecule has 0 aliphatic heterocycles. The van der Waals surface area contributed by atoms with Crippen LogP contribution in [-0.4, -0.2) is 25.1 Å². The van der Waals surface area contributed by atoms with E-state index in [2.05, 4.69) is 55.2 Å². The molecule has 0 fully saturated rings. The average Bonchev–Trinajstić information content (AvgIpc) is 3.48. The molecule has 158 valence electrons. The number of hydrogen-bond acceptors (Lipinski definition) is 4. The Balaban J connectivity index is 1.36. The minimum atomic E-state index is 0.814. The smallest absolute Gasteiger partial charge is 0.116 e. The molecule has 6 nitrogen and oxygen atoms in total. The molecule has 0 radical (unpaired) electrons. The van der Waals surface area contributed by atoms with Crippen molar-refractivity contribution in [2.45, 2.75) is 0 Å². The van der Waals surface area contributed by atoms with Gasteiger partial charge in [-0.25, -0.2) is 0 Å². The molecule has 6 heteroatoms. The van der Waals surface area contributed by atoms with E-state index in [0.717, 1.165) is 61.4 Å². The van der Waals surface area contributed by atoms with Crippen LogP contribution in [-0.2, 0) is 0 Å². The first kappa shape index (κ1) is 19.0. The lowest BCUT2D eigenvalue weighted by Gasteiger charge is -2.10. The van der Waals surface area contributed by atoms with Crippen LogP contribution in [0.4, 0.5) is 5.69 Å². The maximum Gasteiger partial charge on any atom is 0.116 e. The Kier molecular flexibility index (Phi) is 4.47. The van der Waals surface area contributed by atoms with E-state index >= 15 is 0 Å². The van der Waals surface area contributed by atoms with Gasteiger partial charge in [0.2, 0.25) is 0 Å². The summed E-state index contributed by atoms with van der Waals surface area (Å²) in [7, 11) is 0. The van der Waals surface area contributed by atoms with Crippen molar-refractivity contribution in [3.05, 3.63) is 104 Å². The van der Waals surface area contributed by atoms with Crippen molar-refractivity contribution in [2.75, 3.05) is 5.32 Å². The molecule has 0 saturated carbocycles. The van der Waals surface area contributed by atoms with Crippen LogP contribution in [0, 0.1) is 0 Å². The molecule has 0 unspecified atom stereocenters. The number of para-hydroxylation sites is 1. The second kappa shape index (κ2) is 7.76. The molecule has 4 aromatic heterocycles. The fourth-order valence-electron chi connectivity index (χ4n) is 4.01. The number of benzene rings is 2. The highest BCUT2D eigenvalue weighted by molar-refractivity contribution is 5.96. The van der Waals surface area contributed by atoms with Gasteiger partial charge in [0.05, 0.1) is 35.0 Å². The van der Waals surface area contributed by atoms with E-state index in [1.807, 2.05) is 67.0 Å². The summed E-state index contributed by atoms with van der Waals surface area (Å²) in [6.45, 7) is 4.15. The Morgan fingerprint density at radius 1 is 0.848 bits per heavy atom. The van der Waals surface area contributed by atoms with Crippen LogP contribution in [0.15, 0.2) is 98.0 Å². The molecule has 3 N–H and O–H groups in total. The molecular formula is C27H20N6.